The van der Waals surface area contributed by atoms with Crippen LogP contribution in [0.15, 0.2) is 22.4 Å². The van der Waals surface area contributed by atoms with Crippen molar-refractivity contribution < 1.29 is 0 Å². The lowest BCUT2D eigenvalue weighted by Gasteiger charge is -1.99. The van der Waals surface area contributed by atoms with E-state index in [1.165, 1.54) is 0 Å². The Morgan fingerprint density at radius 3 is 3.08 bits per heavy atom. The molecule has 0 N–H and O–H groups in total. The topological polar surface area (TPSA) is 30.7 Å². The van der Waals surface area contributed by atoms with Crippen LogP contribution in [0.25, 0.3) is 10.8 Å². The molecule has 0 amide bonds. The first-order valence-corrected chi connectivity index (χ1v) is 5.61. The van der Waals surface area contributed by atoms with Gasteiger partial charge < -0.3 is 4.57 Å². The van der Waals surface area contributed by atoms with Gasteiger partial charge in [-0.1, -0.05) is 0 Å². The van der Waals surface area contributed by atoms with Gasteiger partial charge in [0.1, 0.15) is 4.60 Å². The molecule has 3 nitrogen and oxygen atoms in total. The Morgan fingerprint density at radius 1 is 1.62 bits per heavy atom. The summed E-state index contributed by atoms with van der Waals surface area (Å²) in [5.74, 6) is 0.943. The number of halogens is 1. The zero-order valence-electron chi connectivity index (χ0n) is 7.07. The van der Waals surface area contributed by atoms with Crippen molar-refractivity contribution in [3.63, 3.8) is 0 Å². The molecule has 0 saturated carbocycles. The molecule has 0 spiro atoms. The maximum atomic E-state index is 4.31. The van der Waals surface area contributed by atoms with Gasteiger partial charge in [0.25, 0.3) is 0 Å². The van der Waals surface area contributed by atoms with Crippen LogP contribution in [0.3, 0.4) is 0 Å². The molecule has 2 aromatic heterocycles. The number of aromatic nitrogens is 3. The maximum Gasteiger partial charge on any atom is 0.169 e. The number of hydrogen-bond donors (Lipinski definition) is 0. The summed E-state index contributed by atoms with van der Waals surface area (Å²) in [6.07, 6.45) is 3.76. The summed E-state index contributed by atoms with van der Waals surface area (Å²) in [5.41, 5.74) is 0. The molecule has 0 unspecified atom stereocenters. The quantitative estimate of drug-likeness (QED) is 0.829. The van der Waals surface area contributed by atoms with Gasteiger partial charge in [0.2, 0.25) is 0 Å². The highest BCUT2D eigenvalue weighted by atomic mass is 79.9. The van der Waals surface area contributed by atoms with Gasteiger partial charge >= 0.3 is 0 Å². The van der Waals surface area contributed by atoms with Crippen LogP contribution in [0, 0.1) is 0 Å². The molecule has 0 bridgehead atoms. The van der Waals surface area contributed by atoms with Gasteiger partial charge in [0.05, 0.1) is 0 Å². The van der Waals surface area contributed by atoms with Crippen molar-refractivity contribution in [1.82, 2.24) is 14.5 Å². The Balaban J connectivity index is 2.45. The van der Waals surface area contributed by atoms with Crippen molar-refractivity contribution in [2.75, 3.05) is 0 Å². The van der Waals surface area contributed by atoms with E-state index in [9.17, 15) is 0 Å². The van der Waals surface area contributed by atoms with E-state index in [1.807, 2.05) is 11.6 Å². The van der Waals surface area contributed by atoms with Crippen molar-refractivity contribution in [3.05, 3.63) is 22.4 Å². The van der Waals surface area contributed by atoms with Crippen LogP contribution >= 0.6 is 27.3 Å². The van der Waals surface area contributed by atoms with Gasteiger partial charge in [-0.25, -0.2) is 9.97 Å². The van der Waals surface area contributed by atoms with E-state index in [2.05, 4.69) is 37.4 Å². The van der Waals surface area contributed by atoms with E-state index in [0.29, 0.717) is 0 Å². The fraction of sp³-hybridized carbons (Fsp3) is 0.250. The predicted molar refractivity (Wildman–Crippen MR) is 56.7 cm³/mol. The Bertz CT molecular complexity index is 407. The third-order valence-electron chi connectivity index (χ3n) is 1.72. The summed E-state index contributed by atoms with van der Waals surface area (Å²) >= 11 is 4.92. The second-order valence-corrected chi connectivity index (χ2v) is 4.18. The molecule has 0 aliphatic carbocycles. The van der Waals surface area contributed by atoms with Gasteiger partial charge in [0, 0.05) is 24.3 Å². The first kappa shape index (κ1) is 8.90. The minimum atomic E-state index is 0.873. The second-order valence-electron chi connectivity index (χ2n) is 2.51. The zero-order chi connectivity index (χ0) is 9.26. The molecular formula is C8H8BrN3S. The molecule has 0 radical (unpaired) electrons. The first-order chi connectivity index (χ1) is 6.31. The van der Waals surface area contributed by atoms with E-state index in [1.54, 1.807) is 17.5 Å². The summed E-state index contributed by atoms with van der Waals surface area (Å²) in [7, 11) is 0. The lowest BCUT2D eigenvalue weighted by Crippen LogP contribution is -1.95. The molecule has 2 aromatic rings. The SMILES string of the molecule is CCn1ccnc1-c1nc(Br)cs1. The molecule has 0 aromatic carbocycles. The highest BCUT2D eigenvalue weighted by Crippen LogP contribution is 2.24. The number of rotatable bonds is 2. The molecule has 2 heterocycles. The Hall–Kier alpha value is -0.680. The third kappa shape index (κ3) is 1.66. The average Bonchev–Trinajstić information content (AvgIpc) is 2.71. The van der Waals surface area contributed by atoms with Crippen LogP contribution in [-0.2, 0) is 6.54 Å². The van der Waals surface area contributed by atoms with Crippen LogP contribution in [-0.4, -0.2) is 14.5 Å². The van der Waals surface area contributed by atoms with Crippen LogP contribution in [0.1, 0.15) is 6.92 Å². The number of hydrogen-bond acceptors (Lipinski definition) is 3. The van der Waals surface area contributed by atoms with E-state index in [-0.39, 0.29) is 0 Å². The summed E-state index contributed by atoms with van der Waals surface area (Å²) in [4.78, 5) is 8.57. The Morgan fingerprint density at radius 2 is 2.46 bits per heavy atom. The molecule has 0 saturated heterocycles. The van der Waals surface area contributed by atoms with Gasteiger partial charge in [-0.15, -0.1) is 11.3 Å². The first-order valence-electron chi connectivity index (χ1n) is 3.93. The van der Waals surface area contributed by atoms with Crippen LogP contribution in [0.4, 0.5) is 0 Å². The fourth-order valence-corrected chi connectivity index (χ4v) is 2.38. The van der Waals surface area contributed by atoms with Crippen molar-refractivity contribution in [2.24, 2.45) is 0 Å². The second kappa shape index (κ2) is 3.59. The third-order valence-corrected chi connectivity index (χ3v) is 3.27. The Labute approximate surface area is 88.6 Å². The van der Waals surface area contributed by atoms with Crippen molar-refractivity contribution in [2.45, 2.75) is 13.5 Å². The van der Waals surface area contributed by atoms with E-state index in [4.69, 9.17) is 0 Å². The highest BCUT2D eigenvalue weighted by molar-refractivity contribution is 9.10. The molecule has 2 rings (SSSR count). The number of nitrogens with zero attached hydrogens (tertiary/aromatic N) is 3. The molecule has 68 valence electrons. The van der Waals surface area contributed by atoms with Gasteiger partial charge in [-0.05, 0) is 22.9 Å². The maximum absolute atomic E-state index is 4.31. The smallest absolute Gasteiger partial charge is 0.169 e. The minimum absolute atomic E-state index is 0.873. The summed E-state index contributed by atoms with van der Waals surface area (Å²) in [5, 5.41) is 2.92. The molecule has 0 fully saturated rings. The highest BCUT2D eigenvalue weighted by Gasteiger charge is 2.08. The lowest BCUT2D eigenvalue weighted by atomic mass is 10.6. The fourth-order valence-electron chi connectivity index (χ4n) is 1.12. The van der Waals surface area contributed by atoms with Crippen LogP contribution < -0.4 is 0 Å². The monoisotopic (exact) mass is 257 g/mol. The Kier molecular flexibility index (Phi) is 2.46. The molecule has 0 aliphatic rings. The van der Waals surface area contributed by atoms with Gasteiger partial charge in [-0.2, -0.15) is 0 Å². The van der Waals surface area contributed by atoms with E-state index in [0.717, 1.165) is 22.0 Å². The minimum Gasteiger partial charge on any atom is -0.329 e. The molecule has 13 heavy (non-hydrogen) atoms. The van der Waals surface area contributed by atoms with Crippen molar-refractivity contribution in [3.8, 4) is 10.8 Å². The standard InChI is InChI=1S/C8H8BrN3S/c1-2-12-4-3-10-7(12)8-11-6(9)5-13-8/h3-5H,2H2,1H3. The summed E-state index contributed by atoms with van der Waals surface area (Å²) in [6.45, 7) is 3.01. The van der Waals surface area contributed by atoms with Gasteiger partial charge in [-0.3, -0.25) is 0 Å². The largest absolute Gasteiger partial charge is 0.329 e. The number of thiazole rings is 1. The average molecular weight is 258 g/mol. The summed E-state index contributed by atoms with van der Waals surface area (Å²) in [6, 6.07) is 0. The van der Waals surface area contributed by atoms with Gasteiger partial charge in [0.15, 0.2) is 10.8 Å². The van der Waals surface area contributed by atoms with Crippen molar-refractivity contribution in [1.29, 1.82) is 0 Å². The van der Waals surface area contributed by atoms with E-state index < -0.39 is 0 Å². The molecule has 0 atom stereocenters. The lowest BCUT2D eigenvalue weighted by molar-refractivity contribution is 0.770. The van der Waals surface area contributed by atoms with Crippen molar-refractivity contribution >= 4 is 27.3 Å². The summed E-state index contributed by atoms with van der Waals surface area (Å²) < 4.78 is 2.95. The predicted octanol–water partition coefficient (Wildman–Crippen LogP) is 2.79. The van der Waals surface area contributed by atoms with Crippen LogP contribution in [0.5, 0.6) is 0 Å². The molecule has 5 heteroatoms. The number of imidazole rings is 1. The molecular weight excluding hydrogens is 250 g/mol. The number of aryl methyl sites for hydroxylation is 1. The molecule has 0 aliphatic heterocycles. The zero-order valence-corrected chi connectivity index (χ0v) is 9.47. The van der Waals surface area contributed by atoms with Crippen LogP contribution in [0.2, 0.25) is 0 Å². The van der Waals surface area contributed by atoms with E-state index >= 15 is 0 Å². The normalized spacial score (nSPS) is 10.6.